The van der Waals surface area contributed by atoms with Crippen molar-refractivity contribution in [2.24, 2.45) is 0 Å². The van der Waals surface area contributed by atoms with E-state index in [1.165, 1.54) is 0 Å². The van der Waals surface area contributed by atoms with Gasteiger partial charge in [0.2, 0.25) is 0 Å². The molecule has 1 rings (SSSR count). The number of hydrogen-bond donors (Lipinski definition) is 2. The highest BCUT2D eigenvalue weighted by molar-refractivity contribution is 5.68. The molecule has 1 aliphatic rings. The summed E-state index contributed by atoms with van der Waals surface area (Å²) in [4.78, 5) is 14.2. The van der Waals surface area contributed by atoms with Crippen LogP contribution < -0.4 is 10.6 Å². The highest BCUT2D eigenvalue weighted by atomic mass is 16.6. The average Bonchev–Trinajstić information content (AvgIpc) is 2.27. The smallest absolute Gasteiger partial charge is 0.408 e. The van der Waals surface area contributed by atoms with E-state index in [0.29, 0.717) is 12.1 Å². The molecular weight excluding hydrogens is 266 g/mol. The van der Waals surface area contributed by atoms with E-state index in [0.717, 1.165) is 25.9 Å². The van der Waals surface area contributed by atoms with Gasteiger partial charge in [-0.1, -0.05) is 0 Å². The topological polar surface area (TPSA) is 53.6 Å². The maximum Gasteiger partial charge on any atom is 0.408 e. The van der Waals surface area contributed by atoms with Crippen LogP contribution in [-0.4, -0.2) is 54.4 Å². The number of ether oxygens (including phenoxy) is 1. The maximum absolute atomic E-state index is 11.9. The van der Waals surface area contributed by atoms with Crippen LogP contribution in [0.2, 0.25) is 0 Å². The number of alkyl carbamates (subject to hydrolysis) is 1. The summed E-state index contributed by atoms with van der Waals surface area (Å²) in [5, 5.41) is 6.52. The second kappa shape index (κ2) is 6.97. The molecule has 124 valence electrons. The van der Waals surface area contributed by atoms with E-state index in [9.17, 15) is 4.79 Å². The standard InChI is InChI=1S/C16H33N3O2/c1-12-10-13(8-9-19(12)7)17-11-16(5,6)18-14(20)21-15(2,3)4/h12-13,17H,8-11H2,1-7H3,(H,18,20). The van der Waals surface area contributed by atoms with E-state index in [1.54, 1.807) is 0 Å². The summed E-state index contributed by atoms with van der Waals surface area (Å²) in [7, 11) is 2.18. The number of hydrogen-bond acceptors (Lipinski definition) is 4. The molecule has 1 heterocycles. The van der Waals surface area contributed by atoms with Crippen molar-refractivity contribution in [2.45, 2.75) is 77.6 Å². The van der Waals surface area contributed by atoms with Crippen molar-refractivity contribution in [1.29, 1.82) is 0 Å². The number of amides is 1. The zero-order valence-corrected chi connectivity index (χ0v) is 14.7. The molecule has 1 fully saturated rings. The van der Waals surface area contributed by atoms with Gasteiger partial charge in [0.15, 0.2) is 0 Å². The molecule has 21 heavy (non-hydrogen) atoms. The van der Waals surface area contributed by atoms with Crippen molar-refractivity contribution in [1.82, 2.24) is 15.5 Å². The van der Waals surface area contributed by atoms with Crippen LogP contribution in [0, 0.1) is 0 Å². The Bertz CT molecular complexity index is 350. The lowest BCUT2D eigenvalue weighted by Gasteiger charge is -2.37. The monoisotopic (exact) mass is 299 g/mol. The molecule has 0 saturated carbocycles. The van der Waals surface area contributed by atoms with Crippen LogP contribution in [-0.2, 0) is 4.74 Å². The SMILES string of the molecule is CC1CC(NCC(C)(C)NC(=O)OC(C)(C)C)CCN1C. The minimum absolute atomic E-state index is 0.324. The van der Waals surface area contributed by atoms with Crippen molar-refractivity contribution in [3.05, 3.63) is 0 Å². The van der Waals surface area contributed by atoms with Crippen molar-refractivity contribution in [3.63, 3.8) is 0 Å². The summed E-state index contributed by atoms with van der Waals surface area (Å²) in [6.45, 7) is 13.8. The van der Waals surface area contributed by atoms with E-state index in [-0.39, 0.29) is 11.6 Å². The summed E-state index contributed by atoms with van der Waals surface area (Å²) >= 11 is 0. The van der Waals surface area contributed by atoms with E-state index >= 15 is 0 Å². The predicted octanol–water partition coefficient (Wildman–Crippen LogP) is 2.36. The molecule has 5 nitrogen and oxygen atoms in total. The molecule has 5 heteroatoms. The van der Waals surface area contributed by atoms with Crippen LogP contribution in [0.1, 0.15) is 54.4 Å². The second-order valence-electron chi connectivity index (χ2n) is 7.94. The predicted molar refractivity (Wildman–Crippen MR) is 86.6 cm³/mol. The first-order valence-electron chi connectivity index (χ1n) is 7.93. The zero-order valence-electron chi connectivity index (χ0n) is 14.7. The largest absolute Gasteiger partial charge is 0.444 e. The number of nitrogens with zero attached hydrogens (tertiary/aromatic N) is 1. The van der Waals surface area contributed by atoms with E-state index in [2.05, 4.69) is 29.5 Å². The van der Waals surface area contributed by atoms with Crippen molar-refractivity contribution < 1.29 is 9.53 Å². The van der Waals surface area contributed by atoms with Gasteiger partial charge in [0.1, 0.15) is 5.60 Å². The fourth-order valence-corrected chi connectivity index (χ4v) is 2.50. The van der Waals surface area contributed by atoms with Crippen molar-refractivity contribution in [2.75, 3.05) is 20.1 Å². The summed E-state index contributed by atoms with van der Waals surface area (Å²) in [6.07, 6.45) is 1.95. The van der Waals surface area contributed by atoms with Gasteiger partial charge in [0.25, 0.3) is 0 Å². The van der Waals surface area contributed by atoms with Gasteiger partial charge in [-0.2, -0.15) is 0 Å². The first-order chi connectivity index (χ1) is 9.48. The number of carbonyl (C=O) groups excluding carboxylic acids is 1. The Morgan fingerprint density at radius 3 is 2.43 bits per heavy atom. The molecule has 0 spiro atoms. The molecule has 1 aliphatic heterocycles. The van der Waals surface area contributed by atoms with Crippen LogP contribution in [0.25, 0.3) is 0 Å². The molecule has 0 aliphatic carbocycles. The summed E-state index contributed by atoms with van der Waals surface area (Å²) in [5.41, 5.74) is -0.786. The van der Waals surface area contributed by atoms with Gasteiger partial charge in [0.05, 0.1) is 5.54 Å². The fourth-order valence-electron chi connectivity index (χ4n) is 2.50. The number of rotatable bonds is 4. The molecule has 0 aromatic carbocycles. The lowest BCUT2D eigenvalue weighted by Crippen LogP contribution is -2.55. The van der Waals surface area contributed by atoms with E-state index in [1.807, 2.05) is 34.6 Å². The second-order valence-corrected chi connectivity index (χ2v) is 7.94. The molecule has 2 atom stereocenters. The minimum atomic E-state index is -0.461. The molecule has 0 aromatic heterocycles. The van der Waals surface area contributed by atoms with Gasteiger partial charge in [-0.05, 0) is 68.0 Å². The number of piperidine rings is 1. The van der Waals surface area contributed by atoms with Crippen LogP contribution in [0.15, 0.2) is 0 Å². The quantitative estimate of drug-likeness (QED) is 0.837. The van der Waals surface area contributed by atoms with Crippen LogP contribution >= 0.6 is 0 Å². The molecule has 0 aromatic rings. The number of likely N-dealkylation sites (tertiary alicyclic amines) is 1. The van der Waals surface area contributed by atoms with Crippen LogP contribution in [0.4, 0.5) is 4.79 Å². The Labute approximate surface area is 129 Å². The molecule has 0 bridgehead atoms. The van der Waals surface area contributed by atoms with Gasteiger partial charge < -0.3 is 20.3 Å². The Kier molecular flexibility index (Phi) is 6.05. The van der Waals surface area contributed by atoms with Crippen molar-refractivity contribution in [3.8, 4) is 0 Å². The fraction of sp³-hybridized carbons (Fsp3) is 0.938. The molecule has 1 amide bonds. The van der Waals surface area contributed by atoms with Gasteiger partial charge in [-0.25, -0.2) is 4.79 Å². The molecule has 0 radical (unpaired) electrons. The third-order valence-electron chi connectivity index (χ3n) is 3.88. The minimum Gasteiger partial charge on any atom is -0.444 e. The molecule has 2 unspecified atom stereocenters. The van der Waals surface area contributed by atoms with Gasteiger partial charge in [-0.3, -0.25) is 0 Å². The first-order valence-corrected chi connectivity index (χ1v) is 7.93. The third-order valence-corrected chi connectivity index (χ3v) is 3.88. The van der Waals surface area contributed by atoms with Gasteiger partial charge in [-0.15, -0.1) is 0 Å². The Hall–Kier alpha value is -0.810. The number of carbonyl (C=O) groups is 1. The Morgan fingerprint density at radius 2 is 1.90 bits per heavy atom. The summed E-state index contributed by atoms with van der Waals surface area (Å²) in [5.74, 6) is 0. The summed E-state index contributed by atoms with van der Waals surface area (Å²) < 4.78 is 5.31. The van der Waals surface area contributed by atoms with E-state index in [4.69, 9.17) is 4.74 Å². The Balaban J connectivity index is 2.37. The molecule has 2 N–H and O–H groups in total. The number of nitrogens with one attached hydrogen (secondary N) is 2. The highest BCUT2D eigenvalue weighted by Crippen LogP contribution is 2.16. The summed E-state index contributed by atoms with van der Waals surface area (Å²) in [6, 6.07) is 1.13. The van der Waals surface area contributed by atoms with Gasteiger partial charge in [0, 0.05) is 18.6 Å². The van der Waals surface area contributed by atoms with Crippen molar-refractivity contribution >= 4 is 6.09 Å². The van der Waals surface area contributed by atoms with Crippen LogP contribution in [0.5, 0.6) is 0 Å². The lowest BCUT2D eigenvalue weighted by molar-refractivity contribution is 0.0468. The normalized spacial score (nSPS) is 24.7. The van der Waals surface area contributed by atoms with Gasteiger partial charge >= 0.3 is 6.09 Å². The zero-order chi connectivity index (χ0) is 16.3. The third kappa shape index (κ3) is 7.14. The van der Waals surface area contributed by atoms with E-state index < -0.39 is 5.60 Å². The maximum atomic E-state index is 11.9. The lowest BCUT2D eigenvalue weighted by atomic mass is 9.97. The van der Waals surface area contributed by atoms with Crippen LogP contribution in [0.3, 0.4) is 0 Å². The highest BCUT2D eigenvalue weighted by Gasteiger charge is 2.27. The average molecular weight is 299 g/mol. The Morgan fingerprint density at radius 1 is 1.29 bits per heavy atom. The first kappa shape index (κ1) is 18.2. The molecule has 1 saturated heterocycles. The molecular formula is C16H33N3O2.